The van der Waals surface area contributed by atoms with Crippen LogP contribution in [0.5, 0.6) is 5.75 Å². The third kappa shape index (κ3) is 1.80. The first kappa shape index (κ1) is 7.29. The van der Waals surface area contributed by atoms with E-state index in [1.54, 1.807) is 6.07 Å². The van der Waals surface area contributed by atoms with Crippen LogP contribution in [-0.2, 0) is 0 Å². The smallest absolute Gasteiger partial charge is 0.129 e. The van der Waals surface area contributed by atoms with Crippen LogP contribution in [0.25, 0.3) is 0 Å². The van der Waals surface area contributed by atoms with Crippen molar-refractivity contribution in [3.05, 3.63) is 21.8 Å². The number of phenols is 1. The second-order valence-electron chi connectivity index (χ2n) is 1.71. The summed E-state index contributed by atoms with van der Waals surface area (Å²) in [5.41, 5.74) is 0. The Morgan fingerprint density at radius 3 is 2.56 bits per heavy atom. The van der Waals surface area contributed by atoms with Gasteiger partial charge in [-0.05, 0) is 40.0 Å². The van der Waals surface area contributed by atoms with Crippen molar-refractivity contribution in [2.24, 2.45) is 0 Å². The molecule has 48 valence electrons. The van der Waals surface area contributed by atoms with Crippen molar-refractivity contribution >= 4 is 37.1 Å². The molecule has 1 unspecified atom stereocenters. The lowest BCUT2D eigenvalue weighted by atomic mass is 10.3. The fourth-order valence-corrected chi connectivity index (χ4v) is 1.12. The second-order valence-corrected chi connectivity index (χ2v) is 3.54. The van der Waals surface area contributed by atoms with E-state index >= 15 is 0 Å². The Balaban J connectivity index is 3.17. The van der Waals surface area contributed by atoms with Crippen LogP contribution in [0.4, 0.5) is 0 Å². The van der Waals surface area contributed by atoms with Crippen molar-refractivity contribution in [2.75, 3.05) is 0 Å². The van der Waals surface area contributed by atoms with Gasteiger partial charge in [0.15, 0.2) is 0 Å². The van der Waals surface area contributed by atoms with Crippen molar-refractivity contribution in [3.8, 4) is 5.75 Å². The van der Waals surface area contributed by atoms with Gasteiger partial charge in [-0.3, -0.25) is 0 Å². The molecule has 0 spiro atoms. The van der Waals surface area contributed by atoms with Crippen LogP contribution in [0.2, 0.25) is 0 Å². The predicted octanol–water partition coefficient (Wildman–Crippen LogP) is 1.50. The summed E-state index contributed by atoms with van der Waals surface area (Å²) in [5, 5.41) is 10.1. The quantitative estimate of drug-likeness (QED) is 0.548. The fourth-order valence-electron chi connectivity index (χ4n) is 0.530. The highest BCUT2D eigenvalue weighted by Crippen LogP contribution is 2.16. The molecule has 0 radical (unpaired) electrons. The van der Waals surface area contributed by atoms with Gasteiger partial charge in [-0.1, -0.05) is 6.07 Å². The van der Waals surface area contributed by atoms with Crippen LogP contribution < -0.4 is 5.30 Å². The average molecular weight is 252 g/mol. The number of aromatic hydroxyl groups is 1. The summed E-state index contributed by atoms with van der Waals surface area (Å²) in [6, 6.07) is 5.52. The standard InChI is InChI=1S/C6H6IOP/c7-5-2-1-4(9)3-6(5)8/h1-3,8H,9H2. The normalized spacial score (nSPS) is 9.56. The van der Waals surface area contributed by atoms with Crippen LogP contribution in [0.1, 0.15) is 0 Å². The lowest BCUT2D eigenvalue weighted by molar-refractivity contribution is 0.472. The van der Waals surface area contributed by atoms with E-state index in [4.69, 9.17) is 5.11 Å². The van der Waals surface area contributed by atoms with E-state index in [0.717, 1.165) is 8.87 Å². The Kier molecular flexibility index (Phi) is 2.30. The summed E-state index contributed by atoms with van der Waals surface area (Å²) in [6.45, 7) is 0. The summed E-state index contributed by atoms with van der Waals surface area (Å²) >= 11 is 2.08. The molecule has 1 aromatic carbocycles. The lowest BCUT2D eigenvalue weighted by Gasteiger charge is -1.95. The van der Waals surface area contributed by atoms with Gasteiger partial charge in [0.1, 0.15) is 5.75 Å². The van der Waals surface area contributed by atoms with Crippen molar-refractivity contribution < 1.29 is 5.11 Å². The van der Waals surface area contributed by atoms with E-state index in [9.17, 15) is 0 Å². The largest absolute Gasteiger partial charge is 0.507 e. The van der Waals surface area contributed by atoms with Crippen LogP contribution in [0.3, 0.4) is 0 Å². The highest BCUT2D eigenvalue weighted by Gasteiger charge is 1.93. The molecular formula is C6H6IOP. The maximum Gasteiger partial charge on any atom is 0.129 e. The Labute approximate surface area is 69.8 Å². The number of hydrogen-bond donors (Lipinski definition) is 1. The maximum absolute atomic E-state index is 9.08. The number of rotatable bonds is 0. The van der Waals surface area contributed by atoms with E-state index in [1.165, 1.54) is 0 Å². The zero-order chi connectivity index (χ0) is 6.85. The highest BCUT2D eigenvalue weighted by molar-refractivity contribution is 14.1. The predicted molar refractivity (Wildman–Crippen MR) is 50.2 cm³/mol. The van der Waals surface area contributed by atoms with E-state index < -0.39 is 0 Å². The SMILES string of the molecule is Oc1cc(P)ccc1I. The molecule has 3 heteroatoms. The van der Waals surface area contributed by atoms with Crippen molar-refractivity contribution in [1.29, 1.82) is 0 Å². The van der Waals surface area contributed by atoms with Gasteiger partial charge in [0.25, 0.3) is 0 Å². The van der Waals surface area contributed by atoms with Gasteiger partial charge in [0.05, 0.1) is 3.57 Å². The topological polar surface area (TPSA) is 20.2 Å². The molecule has 1 aromatic rings. The molecule has 0 amide bonds. The third-order valence-corrected chi connectivity index (χ3v) is 2.24. The van der Waals surface area contributed by atoms with Crippen LogP contribution >= 0.6 is 31.8 Å². The molecule has 0 aliphatic carbocycles. The zero-order valence-corrected chi connectivity index (χ0v) is 7.95. The minimum absolute atomic E-state index is 0.350. The van der Waals surface area contributed by atoms with Gasteiger partial charge in [-0.15, -0.1) is 9.24 Å². The van der Waals surface area contributed by atoms with E-state index in [1.807, 2.05) is 12.1 Å². The molecule has 0 aromatic heterocycles. The molecule has 0 fully saturated rings. The molecular weight excluding hydrogens is 246 g/mol. The highest BCUT2D eigenvalue weighted by atomic mass is 127. The van der Waals surface area contributed by atoms with Gasteiger partial charge < -0.3 is 5.11 Å². The number of benzene rings is 1. The molecule has 0 saturated carbocycles. The molecule has 1 atom stereocenters. The molecule has 0 aliphatic heterocycles. The Morgan fingerprint density at radius 1 is 1.44 bits per heavy atom. The zero-order valence-electron chi connectivity index (χ0n) is 4.63. The van der Waals surface area contributed by atoms with Crippen molar-refractivity contribution in [1.82, 2.24) is 0 Å². The van der Waals surface area contributed by atoms with Crippen LogP contribution in [-0.4, -0.2) is 5.11 Å². The Morgan fingerprint density at radius 2 is 2.11 bits per heavy atom. The molecule has 0 bridgehead atoms. The summed E-state index contributed by atoms with van der Waals surface area (Å²) in [7, 11) is 2.52. The van der Waals surface area contributed by atoms with E-state index in [0.29, 0.717) is 5.75 Å². The van der Waals surface area contributed by atoms with Crippen molar-refractivity contribution in [2.45, 2.75) is 0 Å². The minimum atomic E-state index is 0.350. The van der Waals surface area contributed by atoms with Gasteiger partial charge in [0.2, 0.25) is 0 Å². The molecule has 1 rings (SSSR count). The van der Waals surface area contributed by atoms with Crippen LogP contribution in [0.15, 0.2) is 18.2 Å². The Hall–Kier alpha value is 0.180. The second kappa shape index (κ2) is 2.84. The first-order valence-corrected chi connectivity index (χ1v) is 4.10. The molecule has 0 aliphatic rings. The minimum Gasteiger partial charge on any atom is -0.507 e. The maximum atomic E-state index is 9.08. The molecule has 9 heavy (non-hydrogen) atoms. The third-order valence-electron chi connectivity index (χ3n) is 0.970. The summed E-state index contributed by atoms with van der Waals surface area (Å²) in [6.07, 6.45) is 0. The van der Waals surface area contributed by atoms with E-state index in [-0.39, 0.29) is 0 Å². The molecule has 1 nitrogen and oxygen atoms in total. The van der Waals surface area contributed by atoms with Gasteiger partial charge in [-0.25, -0.2) is 0 Å². The van der Waals surface area contributed by atoms with Crippen molar-refractivity contribution in [3.63, 3.8) is 0 Å². The van der Waals surface area contributed by atoms with Gasteiger partial charge in [-0.2, -0.15) is 0 Å². The first-order valence-electron chi connectivity index (χ1n) is 2.44. The van der Waals surface area contributed by atoms with Gasteiger partial charge in [0, 0.05) is 0 Å². The fraction of sp³-hybridized carbons (Fsp3) is 0. The van der Waals surface area contributed by atoms with E-state index in [2.05, 4.69) is 31.8 Å². The first-order chi connectivity index (χ1) is 4.20. The molecule has 0 heterocycles. The monoisotopic (exact) mass is 252 g/mol. The van der Waals surface area contributed by atoms with Gasteiger partial charge >= 0.3 is 0 Å². The molecule has 1 N–H and O–H groups in total. The summed E-state index contributed by atoms with van der Waals surface area (Å²) in [5.74, 6) is 0.350. The average Bonchev–Trinajstić information content (AvgIpc) is 1.80. The number of phenolic OH excluding ortho intramolecular Hbond substituents is 1. The molecule has 0 saturated heterocycles. The Bertz CT molecular complexity index is 224. The lowest BCUT2D eigenvalue weighted by Crippen LogP contribution is -1.87. The number of halogens is 1. The van der Waals surface area contributed by atoms with Crippen LogP contribution in [0, 0.1) is 3.57 Å². The summed E-state index contributed by atoms with van der Waals surface area (Å²) in [4.78, 5) is 0. The summed E-state index contributed by atoms with van der Waals surface area (Å²) < 4.78 is 0.888. The number of hydrogen-bond acceptors (Lipinski definition) is 1.